The van der Waals surface area contributed by atoms with Crippen molar-refractivity contribution in [1.82, 2.24) is 0 Å². The Kier molecular flexibility index (Phi) is 8.83. The van der Waals surface area contributed by atoms with Gasteiger partial charge in [0.25, 0.3) is 0 Å². The van der Waals surface area contributed by atoms with Gasteiger partial charge < -0.3 is 29.6 Å². The van der Waals surface area contributed by atoms with E-state index in [0.29, 0.717) is 22.9 Å². The zero-order valence-corrected chi connectivity index (χ0v) is 19.8. The zero-order chi connectivity index (χ0) is 23.8. The molecule has 0 radical (unpaired) electrons. The quantitative estimate of drug-likeness (QED) is 0.431. The van der Waals surface area contributed by atoms with Crippen molar-refractivity contribution in [2.45, 2.75) is 39.9 Å². The second kappa shape index (κ2) is 11.3. The third-order valence-electron chi connectivity index (χ3n) is 3.96. The number of carbonyl (C=O) groups is 2. The lowest BCUT2D eigenvalue weighted by atomic mass is 10.1. The number of methoxy groups -OCH3 is 2. The Morgan fingerprint density at radius 3 is 1.50 bits per heavy atom. The average Bonchev–Trinajstić information content (AvgIpc) is 2.71. The van der Waals surface area contributed by atoms with Gasteiger partial charge in [-0.05, 0) is 58.1 Å². The van der Waals surface area contributed by atoms with Crippen LogP contribution in [0.1, 0.15) is 48.4 Å². The molecule has 0 heterocycles. The van der Waals surface area contributed by atoms with E-state index in [1.54, 1.807) is 72.2 Å². The Bertz CT molecular complexity index is 928. The summed E-state index contributed by atoms with van der Waals surface area (Å²) in [6.45, 7) is 6.98. The summed E-state index contributed by atoms with van der Waals surface area (Å²) in [5, 5.41) is 6.25. The maximum Gasteiger partial charge on any atom is 0.338 e. The molecule has 2 aromatic carbocycles. The number of esters is 2. The molecule has 0 saturated heterocycles. The topological polar surface area (TPSA) is 95.1 Å². The Labute approximate surface area is 193 Å². The van der Waals surface area contributed by atoms with Gasteiger partial charge in [0.2, 0.25) is 0 Å². The van der Waals surface area contributed by atoms with E-state index in [1.807, 2.05) is 0 Å². The number of hydrogen-bond donors (Lipinski definition) is 2. The predicted molar refractivity (Wildman–Crippen MR) is 127 cm³/mol. The molecule has 172 valence electrons. The minimum Gasteiger partial charge on any atom is -0.497 e. The van der Waals surface area contributed by atoms with Gasteiger partial charge in [0, 0.05) is 29.6 Å². The molecule has 32 heavy (non-hydrogen) atoms. The van der Waals surface area contributed by atoms with Crippen LogP contribution < -0.4 is 20.1 Å². The number of thiocarbonyl (C=S) groups is 1. The van der Waals surface area contributed by atoms with Crippen LogP contribution in [0.15, 0.2) is 36.4 Å². The van der Waals surface area contributed by atoms with E-state index in [9.17, 15) is 9.59 Å². The Morgan fingerprint density at radius 1 is 0.719 bits per heavy atom. The fourth-order valence-electron chi connectivity index (χ4n) is 2.67. The molecule has 0 bridgehead atoms. The Balaban J connectivity index is 2.29. The molecule has 0 aliphatic heterocycles. The minimum atomic E-state index is -0.557. The number of carbonyl (C=O) groups excluding carboxylic acids is 2. The van der Waals surface area contributed by atoms with Crippen LogP contribution in [-0.2, 0) is 9.47 Å². The Hall–Kier alpha value is -3.33. The van der Waals surface area contributed by atoms with Gasteiger partial charge in [0.15, 0.2) is 5.11 Å². The van der Waals surface area contributed by atoms with Gasteiger partial charge in [-0.2, -0.15) is 0 Å². The molecule has 0 saturated carbocycles. The van der Waals surface area contributed by atoms with Crippen LogP contribution in [0.3, 0.4) is 0 Å². The van der Waals surface area contributed by atoms with E-state index >= 15 is 0 Å². The predicted octanol–water partition coefficient (Wildman–Crippen LogP) is 4.64. The van der Waals surface area contributed by atoms with Crippen molar-refractivity contribution in [2.24, 2.45) is 0 Å². The van der Waals surface area contributed by atoms with Crippen molar-refractivity contribution in [1.29, 1.82) is 0 Å². The molecule has 0 aromatic heterocycles. The molecule has 0 amide bonds. The van der Waals surface area contributed by atoms with Gasteiger partial charge in [-0.25, -0.2) is 9.59 Å². The average molecular weight is 461 g/mol. The number of hydrogen-bond acceptors (Lipinski definition) is 7. The first kappa shape index (κ1) is 24.9. The summed E-state index contributed by atoms with van der Waals surface area (Å²) in [6, 6.07) is 9.77. The first-order chi connectivity index (χ1) is 15.1. The van der Waals surface area contributed by atoms with Gasteiger partial charge in [0.05, 0.1) is 37.6 Å². The van der Waals surface area contributed by atoms with Crippen molar-refractivity contribution >= 4 is 40.6 Å². The summed E-state index contributed by atoms with van der Waals surface area (Å²) in [7, 11) is 3.10. The first-order valence-electron chi connectivity index (χ1n) is 9.99. The van der Waals surface area contributed by atoms with E-state index in [2.05, 4.69) is 10.6 Å². The highest BCUT2D eigenvalue weighted by atomic mass is 32.1. The van der Waals surface area contributed by atoms with Crippen molar-refractivity contribution in [2.75, 3.05) is 24.9 Å². The smallest absolute Gasteiger partial charge is 0.338 e. The molecule has 0 spiro atoms. The second-order valence-electron chi connectivity index (χ2n) is 7.39. The molecule has 9 heteroatoms. The molecule has 0 unspecified atom stereocenters. The highest BCUT2D eigenvalue weighted by Gasteiger charge is 2.17. The Morgan fingerprint density at radius 2 is 1.12 bits per heavy atom. The maximum absolute atomic E-state index is 12.4. The summed E-state index contributed by atoms with van der Waals surface area (Å²) in [4.78, 5) is 24.9. The monoisotopic (exact) mass is 460 g/mol. The molecule has 2 N–H and O–H groups in total. The lowest BCUT2D eigenvalue weighted by Gasteiger charge is -2.15. The minimum absolute atomic E-state index is 0.199. The van der Waals surface area contributed by atoms with Crippen LogP contribution in [0.25, 0.3) is 0 Å². The summed E-state index contributed by atoms with van der Waals surface area (Å²) in [5.74, 6) is 0.0657. The second-order valence-corrected chi connectivity index (χ2v) is 7.80. The molecule has 2 aromatic rings. The normalized spacial score (nSPS) is 10.5. The lowest BCUT2D eigenvalue weighted by Crippen LogP contribution is -2.21. The molecule has 0 aliphatic carbocycles. The van der Waals surface area contributed by atoms with Crippen molar-refractivity contribution in [3.63, 3.8) is 0 Å². The fraction of sp³-hybridized carbons (Fsp3) is 0.348. The molecular formula is C23H28N2O6S. The number of benzene rings is 2. The zero-order valence-electron chi connectivity index (χ0n) is 19.0. The van der Waals surface area contributed by atoms with Gasteiger partial charge in [-0.15, -0.1) is 0 Å². The lowest BCUT2D eigenvalue weighted by molar-refractivity contribution is 0.0377. The highest BCUT2D eigenvalue weighted by Crippen LogP contribution is 2.26. The largest absolute Gasteiger partial charge is 0.497 e. The van der Waals surface area contributed by atoms with E-state index in [-0.39, 0.29) is 28.4 Å². The summed E-state index contributed by atoms with van der Waals surface area (Å²) < 4.78 is 21.0. The maximum atomic E-state index is 12.4. The van der Waals surface area contributed by atoms with Gasteiger partial charge >= 0.3 is 11.9 Å². The van der Waals surface area contributed by atoms with Crippen molar-refractivity contribution in [3.05, 3.63) is 47.5 Å². The van der Waals surface area contributed by atoms with E-state index < -0.39 is 11.9 Å². The van der Waals surface area contributed by atoms with Crippen LogP contribution in [0.2, 0.25) is 0 Å². The van der Waals surface area contributed by atoms with Gasteiger partial charge in [-0.1, -0.05) is 0 Å². The summed E-state index contributed by atoms with van der Waals surface area (Å²) in [5.41, 5.74) is 1.45. The molecule has 2 rings (SSSR count). The summed E-state index contributed by atoms with van der Waals surface area (Å²) >= 11 is 5.40. The van der Waals surface area contributed by atoms with Crippen molar-refractivity contribution in [3.8, 4) is 11.5 Å². The number of anilines is 2. The number of ether oxygens (including phenoxy) is 4. The van der Waals surface area contributed by atoms with Crippen molar-refractivity contribution < 1.29 is 28.5 Å². The van der Waals surface area contributed by atoms with Crippen LogP contribution in [0.5, 0.6) is 11.5 Å². The highest BCUT2D eigenvalue weighted by molar-refractivity contribution is 7.80. The first-order valence-corrected chi connectivity index (χ1v) is 10.4. The summed E-state index contributed by atoms with van der Waals surface area (Å²) in [6.07, 6.45) is -0.619. The van der Waals surface area contributed by atoms with Crippen LogP contribution in [-0.4, -0.2) is 43.5 Å². The van der Waals surface area contributed by atoms with Crippen LogP contribution in [0.4, 0.5) is 11.4 Å². The fourth-order valence-corrected chi connectivity index (χ4v) is 2.91. The number of rotatable bonds is 8. The van der Waals surface area contributed by atoms with Gasteiger partial charge in [0.1, 0.15) is 11.5 Å². The molecular weight excluding hydrogens is 432 g/mol. The molecule has 0 aliphatic rings. The third-order valence-corrected chi connectivity index (χ3v) is 4.16. The molecule has 0 fully saturated rings. The molecule has 8 nitrogen and oxygen atoms in total. The third kappa shape index (κ3) is 7.42. The standard InChI is InChI=1S/C23H28N2O6S/c1-13(2)30-21(26)15-7-16(22(27)31-14(3)4)9-17(8-15)24-23(32)25-18-10-19(28-5)12-20(11-18)29-6/h7-14H,1-6H3,(H2,24,25,32). The van der Waals surface area contributed by atoms with E-state index in [1.165, 1.54) is 6.07 Å². The van der Waals surface area contributed by atoms with Crippen LogP contribution >= 0.6 is 12.2 Å². The molecule has 0 atom stereocenters. The van der Waals surface area contributed by atoms with E-state index in [4.69, 9.17) is 31.2 Å². The number of nitrogens with one attached hydrogen (secondary N) is 2. The SMILES string of the molecule is COc1cc(NC(=S)Nc2cc(C(=O)OC(C)C)cc(C(=O)OC(C)C)c2)cc(OC)c1. The van der Waals surface area contributed by atoms with E-state index in [0.717, 1.165) is 0 Å². The van der Waals surface area contributed by atoms with Gasteiger partial charge in [-0.3, -0.25) is 0 Å². The van der Waals surface area contributed by atoms with Crippen LogP contribution in [0, 0.1) is 0 Å².